The molecule has 0 radical (unpaired) electrons. The highest BCUT2D eigenvalue weighted by atomic mass is 16.3. The molecule has 2 heteroatoms. The standard InChI is InChI=1S/C19H29NO/c1-2-3-4-5-6-7-8-15-9-10-16-12-18(19(20)14-21)13-17(16)11-15/h9-11,13,19,21H,2-8,12,14,20H2,1H3. The second kappa shape index (κ2) is 8.35. The largest absolute Gasteiger partial charge is 0.394 e. The van der Waals surface area contributed by atoms with E-state index < -0.39 is 0 Å². The van der Waals surface area contributed by atoms with Crippen LogP contribution in [0.25, 0.3) is 6.08 Å². The van der Waals surface area contributed by atoms with Gasteiger partial charge in [0, 0.05) is 6.04 Å². The van der Waals surface area contributed by atoms with Crippen LogP contribution in [0.5, 0.6) is 0 Å². The van der Waals surface area contributed by atoms with E-state index in [0.29, 0.717) is 0 Å². The molecule has 0 spiro atoms. The molecule has 3 N–H and O–H groups in total. The predicted molar refractivity (Wildman–Crippen MR) is 90.3 cm³/mol. The van der Waals surface area contributed by atoms with Gasteiger partial charge in [-0.2, -0.15) is 0 Å². The molecule has 0 fully saturated rings. The Bertz CT molecular complexity index is 478. The summed E-state index contributed by atoms with van der Waals surface area (Å²) in [5.74, 6) is 0. The molecule has 0 aliphatic heterocycles. The number of aliphatic hydroxyl groups is 1. The fourth-order valence-electron chi connectivity index (χ4n) is 3.03. The third kappa shape index (κ3) is 4.69. The monoisotopic (exact) mass is 287 g/mol. The molecule has 116 valence electrons. The van der Waals surface area contributed by atoms with Crippen molar-refractivity contribution in [2.45, 2.75) is 64.3 Å². The van der Waals surface area contributed by atoms with E-state index in [9.17, 15) is 0 Å². The van der Waals surface area contributed by atoms with Crippen molar-refractivity contribution in [3.8, 4) is 0 Å². The van der Waals surface area contributed by atoms with Crippen molar-refractivity contribution >= 4 is 6.08 Å². The molecule has 0 saturated carbocycles. The number of rotatable bonds is 9. The van der Waals surface area contributed by atoms with Crippen molar-refractivity contribution in [1.82, 2.24) is 0 Å². The first-order valence-corrected chi connectivity index (χ1v) is 8.43. The Balaban J connectivity index is 1.83. The van der Waals surface area contributed by atoms with Crippen LogP contribution < -0.4 is 5.73 Å². The van der Waals surface area contributed by atoms with E-state index >= 15 is 0 Å². The molecule has 0 amide bonds. The Labute approximate surface area is 129 Å². The van der Waals surface area contributed by atoms with Crippen molar-refractivity contribution in [2.24, 2.45) is 5.73 Å². The lowest BCUT2D eigenvalue weighted by Crippen LogP contribution is -2.26. The average molecular weight is 287 g/mol. The summed E-state index contributed by atoms with van der Waals surface area (Å²) in [7, 11) is 0. The zero-order chi connectivity index (χ0) is 15.1. The summed E-state index contributed by atoms with van der Waals surface area (Å²) < 4.78 is 0. The zero-order valence-electron chi connectivity index (χ0n) is 13.3. The van der Waals surface area contributed by atoms with Crippen LogP contribution in [0, 0.1) is 0 Å². The van der Waals surface area contributed by atoms with E-state index in [4.69, 9.17) is 10.8 Å². The van der Waals surface area contributed by atoms with Crippen molar-refractivity contribution in [3.05, 3.63) is 40.5 Å². The van der Waals surface area contributed by atoms with E-state index in [2.05, 4.69) is 31.2 Å². The molecule has 0 saturated heterocycles. The number of benzene rings is 1. The van der Waals surface area contributed by atoms with Gasteiger partial charge in [0.15, 0.2) is 0 Å². The molecule has 2 nitrogen and oxygen atoms in total. The highest BCUT2D eigenvalue weighted by molar-refractivity contribution is 5.65. The van der Waals surface area contributed by atoms with Crippen molar-refractivity contribution in [3.63, 3.8) is 0 Å². The average Bonchev–Trinajstić information content (AvgIpc) is 2.93. The van der Waals surface area contributed by atoms with Crippen molar-refractivity contribution in [2.75, 3.05) is 6.61 Å². The minimum Gasteiger partial charge on any atom is -0.394 e. The summed E-state index contributed by atoms with van der Waals surface area (Å²) in [5.41, 5.74) is 11.2. The van der Waals surface area contributed by atoms with Crippen LogP contribution in [0.15, 0.2) is 23.8 Å². The summed E-state index contributed by atoms with van der Waals surface area (Å²) in [4.78, 5) is 0. The first-order valence-electron chi connectivity index (χ1n) is 8.43. The molecule has 2 rings (SSSR count). The molecule has 0 heterocycles. The second-order valence-corrected chi connectivity index (χ2v) is 6.24. The quantitative estimate of drug-likeness (QED) is 0.678. The molecular formula is C19H29NO. The molecule has 1 aliphatic carbocycles. The van der Waals surface area contributed by atoms with E-state index in [1.165, 1.54) is 61.6 Å². The summed E-state index contributed by atoms with van der Waals surface area (Å²) >= 11 is 0. The third-order valence-electron chi connectivity index (χ3n) is 4.44. The van der Waals surface area contributed by atoms with Gasteiger partial charge in [0.1, 0.15) is 0 Å². The van der Waals surface area contributed by atoms with Gasteiger partial charge in [0.05, 0.1) is 6.61 Å². The van der Waals surface area contributed by atoms with Crippen LogP contribution in [0.1, 0.15) is 62.1 Å². The van der Waals surface area contributed by atoms with Crippen LogP contribution in [0.4, 0.5) is 0 Å². The topological polar surface area (TPSA) is 46.2 Å². The lowest BCUT2D eigenvalue weighted by molar-refractivity contribution is 0.279. The Morgan fingerprint density at radius 3 is 2.67 bits per heavy atom. The Hall–Kier alpha value is -1.12. The molecule has 0 bridgehead atoms. The Morgan fingerprint density at radius 2 is 1.90 bits per heavy atom. The van der Waals surface area contributed by atoms with Crippen molar-refractivity contribution < 1.29 is 5.11 Å². The molecule has 1 aliphatic rings. The van der Waals surface area contributed by atoms with Crippen LogP contribution in [-0.2, 0) is 12.8 Å². The Kier molecular flexibility index (Phi) is 6.47. The van der Waals surface area contributed by atoms with Crippen LogP contribution in [0.2, 0.25) is 0 Å². The van der Waals surface area contributed by atoms with Gasteiger partial charge in [-0.15, -0.1) is 0 Å². The highest BCUT2D eigenvalue weighted by Gasteiger charge is 2.17. The fraction of sp³-hybridized carbons (Fsp3) is 0.579. The van der Waals surface area contributed by atoms with E-state index in [-0.39, 0.29) is 12.6 Å². The molecule has 1 atom stereocenters. The maximum absolute atomic E-state index is 9.17. The van der Waals surface area contributed by atoms with Gasteiger partial charge in [-0.3, -0.25) is 0 Å². The number of aliphatic hydroxyl groups excluding tert-OH is 1. The van der Waals surface area contributed by atoms with Crippen molar-refractivity contribution in [1.29, 1.82) is 0 Å². The van der Waals surface area contributed by atoms with Crippen LogP contribution in [-0.4, -0.2) is 17.8 Å². The van der Waals surface area contributed by atoms with E-state index in [1.54, 1.807) is 0 Å². The second-order valence-electron chi connectivity index (χ2n) is 6.24. The first-order chi connectivity index (χ1) is 10.2. The first kappa shape index (κ1) is 16.3. The maximum atomic E-state index is 9.17. The van der Waals surface area contributed by atoms with Gasteiger partial charge >= 0.3 is 0 Å². The minimum atomic E-state index is -0.209. The summed E-state index contributed by atoms with van der Waals surface area (Å²) in [5, 5.41) is 9.17. The molecule has 1 aromatic carbocycles. The predicted octanol–water partition coefficient (Wildman–Crippen LogP) is 3.85. The molecular weight excluding hydrogens is 258 g/mol. The number of fused-ring (bicyclic) bond motifs is 1. The Morgan fingerprint density at radius 1 is 1.14 bits per heavy atom. The lowest BCUT2D eigenvalue weighted by atomic mass is 10.0. The zero-order valence-corrected chi connectivity index (χ0v) is 13.3. The summed E-state index contributed by atoms with van der Waals surface area (Å²) in [6.45, 7) is 2.29. The number of aryl methyl sites for hydroxylation is 1. The number of unbranched alkanes of at least 4 members (excludes halogenated alkanes) is 5. The number of hydrogen-bond donors (Lipinski definition) is 2. The highest BCUT2D eigenvalue weighted by Crippen LogP contribution is 2.27. The number of nitrogens with two attached hydrogens (primary N) is 1. The molecule has 21 heavy (non-hydrogen) atoms. The summed E-state index contributed by atoms with van der Waals surface area (Å²) in [6, 6.07) is 6.58. The van der Waals surface area contributed by atoms with Gasteiger partial charge < -0.3 is 10.8 Å². The normalized spacial score (nSPS) is 14.9. The SMILES string of the molecule is CCCCCCCCc1ccc2c(c1)C=C(C(N)CO)C2. The van der Waals surface area contributed by atoms with Gasteiger partial charge in [0.2, 0.25) is 0 Å². The maximum Gasteiger partial charge on any atom is 0.0621 e. The fourth-order valence-corrected chi connectivity index (χ4v) is 3.03. The van der Waals surface area contributed by atoms with Gasteiger partial charge in [-0.05, 0) is 41.5 Å². The smallest absolute Gasteiger partial charge is 0.0621 e. The van der Waals surface area contributed by atoms with Gasteiger partial charge in [0.25, 0.3) is 0 Å². The molecule has 1 unspecified atom stereocenters. The van der Waals surface area contributed by atoms with Crippen LogP contribution in [0.3, 0.4) is 0 Å². The molecule has 0 aromatic heterocycles. The lowest BCUT2D eigenvalue weighted by Gasteiger charge is -2.08. The van der Waals surface area contributed by atoms with Gasteiger partial charge in [-0.25, -0.2) is 0 Å². The van der Waals surface area contributed by atoms with Crippen LogP contribution >= 0.6 is 0 Å². The van der Waals surface area contributed by atoms with E-state index in [0.717, 1.165) is 12.0 Å². The van der Waals surface area contributed by atoms with E-state index in [1.807, 2.05) is 0 Å². The molecule has 1 aromatic rings. The number of hydrogen-bond acceptors (Lipinski definition) is 2. The summed E-state index contributed by atoms with van der Waals surface area (Å²) in [6.07, 6.45) is 12.3. The van der Waals surface area contributed by atoms with Gasteiger partial charge in [-0.1, -0.05) is 63.3 Å². The third-order valence-corrected chi connectivity index (χ3v) is 4.44. The minimum absolute atomic E-state index is 0.0322.